The van der Waals surface area contributed by atoms with Crippen LogP contribution in [-0.4, -0.2) is 35.3 Å². The van der Waals surface area contributed by atoms with Crippen LogP contribution >= 0.6 is 0 Å². The number of fused-ring (bicyclic) bond motifs is 1. The van der Waals surface area contributed by atoms with Gasteiger partial charge in [0.25, 0.3) is 0 Å². The van der Waals surface area contributed by atoms with Crippen LogP contribution in [0.4, 0.5) is 0 Å². The van der Waals surface area contributed by atoms with Gasteiger partial charge in [0.1, 0.15) is 22.8 Å². The lowest BCUT2D eigenvalue weighted by Crippen LogP contribution is -2.18. The van der Waals surface area contributed by atoms with Crippen LogP contribution < -0.4 is 0 Å². The molecule has 4 rings (SSSR count). The Kier molecular flexibility index (Phi) is 3.00. The molecule has 0 aromatic carbocycles. The number of pyridine rings is 1. The minimum atomic E-state index is -3.11. The summed E-state index contributed by atoms with van der Waals surface area (Å²) in [4.78, 5) is 8.97. The van der Waals surface area contributed by atoms with Gasteiger partial charge in [-0.1, -0.05) is 0 Å². The van der Waals surface area contributed by atoms with E-state index in [1.165, 1.54) is 0 Å². The van der Waals surface area contributed by atoms with Crippen molar-refractivity contribution in [1.82, 2.24) is 14.5 Å². The van der Waals surface area contributed by atoms with Gasteiger partial charge >= 0.3 is 0 Å². The van der Waals surface area contributed by atoms with E-state index in [-0.39, 0.29) is 12.0 Å². The quantitative estimate of drug-likeness (QED) is 0.848. The zero-order valence-electron chi connectivity index (χ0n) is 11.6. The van der Waals surface area contributed by atoms with Crippen molar-refractivity contribution in [2.75, 3.05) is 12.4 Å². The van der Waals surface area contributed by atoms with Gasteiger partial charge in [-0.25, -0.2) is 18.4 Å². The van der Waals surface area contributed by atoms with Gasteiger partial charge in [-0.05, 0) is 37.8 Å². The molecule has 112 valence electrons. The van der Waals surface area contributed by atoms with Crippen molar-refractivity contribution in [2.45, 2.75) is 37.2 Å². The van der Waals surface area contributed by atoms with Crippen LogP contribution in [0.3, 0.4) is 0 Å². The summed E-state index contributed by atoms with van der Waals surface area (Å²) in [7, 11) is -3.11. The lowest BCUT2D eigenvalue weighted by molar-refractivity contribution is 0.0569. The molecule has 4 heterocycles. The van der Waals surface area contributed by atoms with Gasteiger partial charge in [0.2, 0.25) is 0 Å². The summed E-state index contributed by atoms with van der Waals surface area (Å²) in [5.41, 5.74) is 1.46. The third-order valence-corrected chi connectivity index (χ3v) is 6.46. The summed E-state index contributed by atoms with van der Waals surface area (Å²) in [6.45, 7) is 0.702. The Labute approximate surface area is 123 Å². The predicted octanol–water partition coefficient (Wildman–Crippen LogP) is 1.99. The van der Waals surface area contributed by atoms with Crippen LogP contribution in [0.2, 0.25) is 0 Å². The molecule has 2 aliphatic heterocycles. The van der Waals surface area contributed by atoms with E-state index in [2.05, 4.69) is 9.97 Å². The van der Waals surface area contributed by atoms with E-state index in [1.807, 2.05) is 16.7 Å². The van der Waals surface area contributed by atoms with Crippen LogP contribution in [0.5, 0.6) is 0 Å². The SMILES string of the molecule is O=S1(=O)CCCC1c1nc2cccnc2n1C1CCCO1. The molecule has 2 aromatic rings. The Morgan fingerprint density at radius 1 is 1.29 bits per heavy atom. The van der Waals surface area contributed by atoms with Crippen molar-refractivity contribution in [3.63, 3.8) is 0 Å². The van der Waals surface area contributed by atoms with Gasteiger partial charge in [0.15, 0.2) is 15.5 Å². The minimum absolute atomic E-state index is 0.143. The molecule has 2 fully saturated rings. The van der Waals surface area contributed by atoms with E-state index in [0.29, 0.717) is 25.3 Å². The molecule has 2 atom stereocenters. The summed E-state index contributed by atoms with van der Waals surface area (Å²) in [5, 5.41) is -0.518. The Balaban J connectivity index is 1.93. The fourth-order valence-electron chi connectivity index (χ4n) is 3.30. The van der Waals surface area contributed by atoms with Crippen molar-refractivity contribution in [3.8, 4) is 0 Å². The number of aromatic nitrogens is 3. The van der Waals surface area contributed by atoms with Crippen LogP contribution in [0.1, 0.15) is 43.0 Å². The van der Waals surface area contributed by atoms with E-state index < -0.39 is 15.1 Å². The maximum Gasteiger partial charge on any atom is 0.162 e. The molecule has 0 spiro atoms. The fourth-order valence-corrected chi connectivity index (χ4v) is 5.17. The first-order chi connectivity index (χ1) is 10.2. The Morgan fingerprint density at radius 3 is 2.90 bits per heavy atom. The maximum atomic E-state index is 12.3. The maximum absolute atomic E-state index is 12.3. The van der Waals surface area contributed by atoms with Crippen LogP contribution in [-0.2, 0) is 14.6 Å². The van der Waals surface area contributed by atoms with Crippen LogP contribution in [0, 0.1) is 0 Å². The molecule has 0 amide bonds. The molecule has 6 nitrogen and oxygen atoms in total. The molecule has 7 heteroatoms. The molecule has 2 aliphatic rings. The zero-order chi connectivity index (χ0) is 14.4. The van der Waals surface area contributed by atoms with Gasteiger partial charge in [-0.3, -0.25) is 4.57 Å². The van der Waals surface area contributed by atoms with E-state index in [0.717, 1.165) is 24.0 Å². The molecule has 21 heavy (non-hydrogen) atoms. The van der Waals surface area contributed by atoms with Crippen molar-refractivity contribution in [2.24, 2.45) is 0 Å². The van der Waals surface area contributed by atoms with E-state index in [1.54, 1.807) is 6.20 Å². The molecule has 0 N–H and O–H groups in total. The minimum Gasteiger partial charge on any atom is -0.358 e. The highest BCUT2D eigenvalue weighted by Gasteiger charge is 2.38. The average molecular weight is 307 g/mol. The number of nitrogens with zero attached hydrogens (tertiary/aromatic N) is 3. The van der Waals surface area contributed by atoms with E-state index in [9.17, 15) is 8.42 Å². The first-order valence-corrected chi connectivity index (χ1v) is 9.04. The Morgan fingerprint density at radius 2 is 2.19 bits per heavy atom. The van der Waals surface area contributed by atoms with Crippen molar-refractivity contribution in [3.05, 3.63) is 24.2 Å². The number of imidazole rings is 1. The number of ether oxygens (including phenoxy) is 1. The van der Waals surface area contributed by atoms with Gasteiger partial charge in [0, 0.05) is 12.8 Å². The second-order valence-electron chi connectivity index (χ2n) is 5.65. The number of sulfone groups is 1. The number of rotatable bonds is 2. The summed E-state index contributed by atoms with van der Waals surface area (Å²) >= 11 is 0. The largest absolute Gasteiger partial charge is 0.358 e. The average Bonchev–Trinajstić information content (AvgIpc) is 3.14. The number of hydrogen-bond acceptors (Lipinski definition) is 5. The highest BCUT2D eigenvalue weighted by atomic mass is 32.2. The highest BCUT2D eigenvalue weighted by Crippen LogP contribution is 2.38. The highest BCUT2D eigenvalue weighted by molar-refractivity contribution is 7.91. The lowest BCUT2D eigenvalue weighted by Gasteiger charge is -2.18. The van der Waals surface area contributed by atoms with Gasteiger partial charge < -0.3 is 4.74 Å². The molecule has 0 aliphatic carbocycles. The Hall–Kier alpha value is -1.47. The van der Waals surface area contributed by atoms with Crippen molar-refractivity contribution >= 4 is 21.0 Å². The monoisotopic (exact) mass is 307 g/mol. The molecule has 0 saturated carbocycles. The molecule has 0 radical (unpaired) electrons. The summed E-state index contributed by atoms with van der Waals surface area (Å²) in [5.74, 6) is 0.855. The second-order valence-corrected chi connectivity index (χ2v) is 7.95. The van der Waals surface area contributed by atoms with Gasteiger partial charge in [0.05, 0.1) is 5.75 Å². The van der Waals surface area contributed by atoms with Crippen LogP contribution in [0.15, 0.2) is 18.3 Å². The first-order valence-electron chi connectivity index (χ1n) is 7.33. The van der Waals surface area contributed by atoms with Crippen molar-refractivity contribution < 1.29 is 13.2 Å². The van der Waals surface area contributed by atoms with E-state index in [4.69, 9.17) is 4.74 Å². The third-order valence-electron chi connectivity index (χ3n) is 4.29. The summed E-state index contributed by atoms with van der Waals surface area (Å²) in [6.07, 6.45) is 4.77. The smallest absolute Gasteiger partial charge is 0.162 e. The summed E-state index contributed by atoms with van der Waals surface area (Å²) < 4.78 is 32.3. The second kappa shape index (κ2) is 4.78. The first kappa shape index (κ1) is 13.2. The molecular formula is C14H17N3O3S. The van der Waals surface area contributed by atoms with Crippen molar-refractivity contribution in [1.29, 1.82) is 0 Å². The van der Waals surface area contributed by atoms with Gasteiger partial charge in [-0.2, -0.15) is 0 Å². The lowest BCUT2D eigenvalue weighted by atomic mass is 10.2. The number of hydrogen-bond donors (Lipinski definition) is 0. The van der Waals surface area contributed by atoms with E-state index >= 15 is 0 Å². The normalized spacial score (nSPS) is 28.4. The zero-order valence-corrected chi connectivity index (χ0v) is 12.4. The molecule has 2 saturated heterocycles. The fraction of sp³-hybridized carbons (Fsp3) is 0.571. The Bertz CT molecular complexity index is 778. The molecule has 0 bridgehead atoms. The summed E-state index contributed by atoms with van der Waals surface area (Å²) in [6, 6.07) is 3.70. The molecule has 2 unspecified atom stereocenters. The van der Waals surface area contributed by atoms with Gasteiger partial charge in [-0.15, -0.1) is 0 Å². The molecular weight excluding hydrogens is 290 g/mol. The van der Waals surface area contributed by atoms with Crippen LogP contribution in [0.25, 0.3) is 11.2 Å². The standard InChI is InChI=1S/C14H17N3O3S/c18-21(19)9-3-5-11(21)14-16-10-4-1-7-15-13(10)17(14)12-6-2-8-20-12/h1,4,7,11-12H,2-3,5-6,8-9H2. The topological polar surface area (TPSA) is 74.1 Å². The third kappa shape index (κ3) is 2.06. The molecule has 2 aromatic heterocycles. The predicted molar refractivity (Wildman–Crippen MR) is 77.5 cm³/mol.